The lowest BCUT2D eigenvalue weighted by atomic mass is 10.3. The molecule has 0 aromatic rings. The van der Waals surface area contributed by atoms with Crippen LogP contribution in [-0.2, 0) is 4.79 Å². The second-order valence-electron chi connectivity index (χ2n) is 4.98. The Morgan fingerprint density at radius 3 is 2.50 bits per heavy atom. The largest absolute Gasteiger partial charge is 0.393 e. The van der Waals surface area contributed by atoms with E-state index in [0.29, 0.717) is 35.0 Å². The van der Waals surface area contributed by atoms with Crippen LogP contribution in [0.3, 0.4) is 0 Å². The summed E-state index contributed by atoms with van der Waals surface area (Å²) >= 11 is 6.81. The fourth-order valence-electron chi connectivity index (χ4n) is 2.13. The van der Waals surface area contributed by atoms with E-state index >= 15 is 0 Å². The average Bonchev–Trinajstić information content (AvgIpc) is 2.24. The smallest absolute Gasteiger partial charge is 0.236 e. The zero-order valence-electron chi connectivity index (χ0n) is 11.4. The Morgan fingerprint density at radius 2 is 2.00 bits per heavy atom. The van der Waals surface area contributed by atoms with Gasteiger partial charge >= 0.3 is 0 Å². The molecule has 1 aliphatic rings. The molecule has 104 valence electrons. The highest BCUT2D eigenvalue weighted by molar-refractivity contribution is 8.00. The van der Waals surface area contributed by atoms with Crippen LogP contribution in [-0.4, -0.2) is 64.4 Å². The van der Waals surface area contributed by atoms with Gasteiger partial charge in [-0.1, -0.05) is 26.1 Å². The van der Waals surface area contributed by atoms with Gasteiger partial charge in [-0.05, 0) is 0 Å². The molecule has 1 saturated heterocycles. The second-order valence-corrected chi connectivity index (χ2v) is 7.39. The maximum atomic E-state index is 12.0. The van der Waals surface area contributed by atoms with Crippen LogP contribution >= 0.6 is 24.0 Å². The lowest BCUT2D eigenvalue weighted by Gasteiger charge is -2.34. The van der Waals surface area contributed by atoms with Crippen LogP contribution < -0.4 is 5.73 Å². The zero-order chi connectivity index (χ0) is 13.7. The number of amides is 1. The molecule has 1 heterocycles. The van der Waals surface area contributed by atoms with Gasteiger partial charge in [0.05, 0.1) is 11.5 Å². The molecule has 0 bridgehead atoms. The topological polar surface area (TPSA) is 49.6 Å². The number of likely N-dealkylation sites (N-methyl/N-ethyl adjacent to an activating group) is 1. The van der Waals surface area contributed by atoms with E-state index in [4.69, 9.17) is 18.0 Å². The molecule has 2 N–H and O–H groups in total. The van der Waals surface area contributed by atoms with Gasteiger partial charge in [-0.2, -0.15) is 11.8 Å². The fraction of sp³-hybridized carbons (Fsp3) is 0.833. The van der Waals surface area contributed by atoms with Crippen molar-refractivity contribution in [1.29, 1.82) is 0 Å². The molecular weight excluding hydrogens is 266 g/mol. The number of hydrogen-bond donors (Lipinski definition) is 1. The van der Waals surface area contributed by atoms with Gasteiger partial charge < -0.3 is 10.6 Å². The Balaban J connectivity index is 2.36. The molecule has 0 aliphatic carbocycles. The summed E-state index contributed by atoms with van der Waals surface area (Å²) in [7, 11) is 1.81. The summed E-state index contributed by atoms with van der Waals surface area (Å²) in [6.45, 7) is 7.53. The number of nitrogens with zero attached hydrogens (tertiary/aromatic N) is 2. The first kappa shape index (κ1) is 15.7. The Kier molecular flexibility index (Phi) is 6.38. The molecule has 4 nitrogen and oxygen atoms in total. The van der Waals surface area contributed by atoms with E-state index in [0.717, 1.165) is 13.1 Å². The summed E-state index contributed by atoms with van der Waals surface area (Å²) in [5, 5.41) is 1.20. The normalized spacial score (nSPS) is 24.8. The maximum absolute atomic E-state index is 12.0. The Bertz CT molecular complexity index is 302. The highest BCUT2D eigenvalue weighted by Gasteiger charge is 2.24. The predicted octanol–water partition coefficient (Wildman–Crippen LogP) is 0.947. The van der Waals surface area contributed by atoms with Crippen LogP contribution in [0.4, 0.5) is 0 Å². The van der Waals surface area contributed by atoms with Crippen LogP contribution in [0.15, 0.2) is 0 Å². The Labute approximate surface area is 119 Å². The van der Waals surface area contributed by atoms with E-state index in [9.17, 15) is 4.79 Å². The molecule has 1 amide bonds. The lowest BCUT2D eigenvalue weighted by molar-refractivity contribution is -0.131. The van der Waals surface area contributed by atoms with Crippen molar-refractivity contribution in [2.75, 3.05) is 33.2 Å². The average molecular weight is 289 g/mol. The highest BCUT2D eigenvalue weighted by atomic mass is 32.2. The first-order chi connectivity index (χ1) is 8.38. The van der Waals surface area contributed by atoms with Gasteiger partial charge in [-0.25, -0.2) is 0 Å². The summed E-state index contributed by atoms with van der Waals surface area (Å²) in [6, 6.07) is 0. The molecule has 0 aromatic heterocycles. The molecule has 2 atom stereocenters. The molecule has 18 heavy (non-hydrogen) atoms. The van der Waals surface area contributed by atoms with Crippen molar-refractivity contribution in [2.45, 2.75) is 30.8 Å². The van der Waals surface area contributed by atoms with Gasteiger partial charge in [0.2, 0.25) is 5.91 Å². The molecule has 6 heteroatoms. The first-order valence-electron chi connectivity index (χ1n) is 6.28. The molecule has 1 fully saturated rings. The standard InChI is InChI=1S/C12H23N3OS2/c1-9-6-15(7-10(2)18-9)8-12(16)14(3)5-4-11(13)17/h9-10H,4-8H2,1-3H3,(H2,13,17). The van der Waals surface area contributed by atoms with Gasteiger partial charge in [0.15, 0.2) is 0 Å². The van der Waals surface area contributed by atoms with Crippen molar-refractivity contribution in [3.05, 3.63) is 0 Å². The predicted molar refractivity (Wildman–Crippen MR) is 82.0 cm³/mol. The van der Waals surface area contributed by atoms with E-state index in [2.05, 4.69) is 18.7 Å². The van der Waals surface area contributed by atoms with Gasteiger partial charge in [-0.3, -0.25) is 9.69 Å². The summed E-state index contributed by atoms with van der Waals surface area (Å²) in [4.78, 5) is 16.5. The van der Waals surface area contributed by atoms with Gasteiger partial charge in [-0.15, -0.1) is 0 Å². The number of thioether (sulfide) groups is 1. The third kappa shape index (κ3) is 5.54. The minimum Gasteiger partial charge on any atom is -0.393 e. The van der Waals surface area contributed by atoms with Crippen LogP contribution in [0, 0.1) is 0 Å². The van der Waals surface area contributed by atoms with E-state index in [1.807, 2.05) is 18.8 Å². The third-order valence-electron chi connectivity index (χ3n) is 2.97. The van der Waals surface area contributed by atoms with Crippen molar-refractivity contribution < 1.29 is 4.79 Å². The van der Waals surface area contributed by atoms with Gasteiger partial charge in [0.25, 0.3) is 0 Å². The minimum absolute atomic E-state index is 0.151. The van der Waals surface area contributed by atoms with Crippen LogP contribution in [0.5, 0.6) is 0 Å². The number of carbonyl (C=O) groups is 1. The fourth-order valence-corrected chi connectivity index (χ4v) is 3.61. The monoisotopic (exact) mass is 289 g/mol. The summed E-state index contributed by atoms with van der Waals surface area (Å²) in [6.07, 6.45) is 0.597. The third-order valence-corrected chi connectivity index (χ3v) is 4.40. The van der Waals surface area contributed by atoms with E-state index in [-0.39, 0.29) is 5.91 Å². The zero-order valence-corrected chi connectivity index (χ0v) is 13.0. The quantitative estimate of drug-likeness (QED) is 0.764. The van der Waals surface area contributed by atoms with Crippen molar-refractivity contribution in [1.82, 2.24) is 9.80 Å². The van der Waals surface area contributed by atoms with Crippen LogP contribution in [0.1, 0.15) is 20.3 Å². The molecule has 0 aromatic carbocycles. The van der Waals surface area contributed by atoms with Crippen molar-refractivity contribution >= 4 is 34.9 Å². The van der Waals surface area contributed by atoms with Crippen molar-refractivity contribution in [3.63, 3.8) is 0 Å². The number of thiocarbonyl (C=S) groups is 1. The minimum atomic E-state index is 0.151. The van der Waals surface area contributed by atoms with E-state index in [1.165, 1.54) is 0 Å². The molecule has 0 radical (unpaired) electrons. The molecule has 1 aliphatic heterocycles. The first-order valence-corrected chi connectivity index (χ1v) is 7.63. The van der Waals surface area contributed by atoms with E-state index < -0.39 is 0 Å². The Morgan fingerprint density at radius 1 is 1.44 bits per heavy atom. The summed E-state index contributed by atoms with van der Waals surface area (Å²) in [5.74, 6) is 0.151. The highest BCUT2D eigenvalue weighted by Crippen LogP contribution is 2.24. The van der Waals surface area contributed by atoms with Crippen molar-refractivity contribution in [3.8, 4) is 0 Å². The number of hydrogen-bond acceptors (Lipinski definition) is 4. The van der Waals surface area contributed by atoms with E-state index in [1.54, 1.807) is 4.90 Å². The lowest BCUT2D eigenvalue weighted by Crippen LogP contribution is -2.46. The van der Waals surface area contributed by atoms with Crippen molar-refractivity contribution in [2.24, 2.45) is 5.73 Å². The molecule has 1 rings (SSSR count). The SMILES string of the molecule is CC1CN(CC(=O)N(C)CCC(N)=S)CC(C)S1. The number of rotatable bonds is 5. The number of nitrogens with two attached hydrogens (primary N) is 1. The Hall–Kier alpha value is -0.330. The summed E-state index contributed by atoms with van der Waals surface area (Å²) < 4.78 is 0. The molecule has 0 saturated carbocycles. The van der Waals surface area contributed by atoms with Gasteiger partial charge in [0, 0.05) is 43.6 Å². The van der Waals surface area contributed by atoms with Gasteiger partial charge in [0.1, 0.15) is 0 Å². The van der Waals surface area contributed by atoms with Crippen LogP contribution in [0.25, 0.3) is 0 Å². The second kappa shape index (κ2) is 7.31. The number of carbonyl (C=O) groups excluding carboxylic acids is 1. The molecular formula is C12H23N3OS2. The maximum Gasteiger partial charge on any atom is 0.236 e. The summed E-state index contributed by atoms with van der Waals surface area (Å²) in [5.41, 5.74) is 5.44. The molecule has 0 spiro atoms. The molecule has 2 unspecified atom stereocenters. The van der Waals surface area contributed by atoms with Crippen LogP contribution in [0.2, 0.25) is 0 Å².